The summed E-state index contributed by atoms with van der Waals surface area (Å²) in [7, 11) is 0.169. The molecule has 0 aliphatic carbocycles. The normalized spacial score (nSPS) is 11.4. The first-order valence-corrected chi connectivity index (χ1v) is 9.89. The van der Waals surface area contributed by atoms with E-state index in [4.69, 9.17) is 0 Å². The van der Waals surface area contributed by atoms with E-state index in [0.717, 1.165) is 13.0 Å². The lowest BCUT2D eigenvalue weighted by Crippen LogP contribution is -2.27. The van der Waals surface area contributed by atoms with Gasteiger partial charge in [-0.05, 0) is 63.8 Å². The van der Waals surface area contributed by atoms with Crippen LogP contribution in [0.3, 0.4) is 0 Å². The van der Waals surface area contributed by atoms with Crippen molar-refractivity contribution in [3.63, 3.8) is 0 Å². The Morgan fingerprint density at radius 3 is 2.42 bits per heavy atom. The summed E-state index contributed by atoms with van der Waals surface area (Å²) in [6.45, 7) is 3.11. The summed E-state index contributed by atoms with van der Waals surface area (Å²) >= 11 is 0. The third-order valence-electron chi connectivity index (χ3n) is 3.83. The molecule has 7 heteroatoms. The largest absolute Gasteiger partial charge is 0.352 e. The van der Waals surface area contributed by atoms with Crippen LogP contribution in [0.2, 0.25) is 0 Å². The Kier molecular flexibility index (Phi) is 6.76. The number of nitrogens with one attached hydrogen (secondary N) is 2. The lowest BCUT2D eigenvalue weighted by molar-refractivity contribution is 0.0952. The Balaban J connectivity index is 2.14. The third-order valence-corrected chi connectivity index (χ3v) is 5.36. The zero-order chi connectivity index (χ0) is 19.2. The molecule has 2 N–H and O–H groups in total. The number of carbonyl (C=O) groups is 1. The monoisotopic (exact) mass is 375 g/mol. The van der Waals surface area contributed by atoms with Gasteiger partial charge in [-0.2, -0.15) is 0 Å². The Hall–Kier alpha value is -2.38. The quantitative estimate of drug-likeness (QED) is 0.695. The topological polar surface area (TPSA) is 78.5 Å². The minimum Gasteiger partial charge on any atom is -0.352 e. The fourth-order valence-electron chi connectivity index (χ4n) is 2.45. The van der Waals surface area contributed by atoms with Gasteiger partial charge in [0, 0.05) is 17.8 Å². The average Bonchev–Trinajstić information content (AvgIpc) is 2.59. The summed E-state index contributed by atoms with van der Waals surface area (Å²) in [4.78, 5) is 14.4. The number of benzene rings is 2. The lowest BCUT2D eigenvalue weighted by Gasteiger charge is -2.13. The molecular formula is C19H25N3O3S. The van der Waals surface area contributed by atoms with Crippen LogP contribution in [0.1, 0.15) is 22.3 Å². The van der Waals surface area contributed by atoms with Gasteiger partial charge in [0.1, 0.15) is 0 Å². The highest BCUT2D eigenvalue weighted by Crippen LogP contribution is 2.20. The predicted octanol–water partition coefficient (Wildman–Crippen LogP) is 2.48. The van der Waals surface area contributed by atoms with Gasteiger partial charge in [0.05, 0.1) is 4.90 Å². The molecule has 2 rings (SSSR count). The fraction of sp³-hybridized carbons (Fsp3) is 0.316. The van der Waals surface area contributed by atoms with Crippen LogP contribution >= 0.6 is 0 Å². The number of hydrogen-bond acceptors (Lipinski definition) is 4. The van der Waals surface area contributed by atoms with Gasteiger partial charge >= 0.3 is 0 Å². The van der Waals surface area contributed by atoms with Gasteiger partial charge < -0.3 is 10.2 Å². The summed E-state index contributed by atoms with van der Waals surface area (Å²) in [5, 5.41) is 2.82. The van der Waals surface area contributed by atoms with Gasteiger partial charge in [-0.15, -0.1) is 0 Å². The minimum atomic E-state index is -3.77. The molecule has 1 amide bonds. The van der Waals surface area contributed by atoms with Crippen LogP contribution in [0.15, 0.2) is 53.4 Å². The minimum absolute atomic E-state index is 0.0993. The zero-order valence-electron chi connectivity index (χ0n) is 15.3. The molecule has 26 heavy (non-hydrogen) atoms. The van der Waals surface area contributed by atoms with Gasteiger partial charge in [-0.3, -0.25) is 9.52 Å². The van der Waals surface area contributed by atoms with E-state index in [9.17, 15) is 13.2 Å². The fourth-order valence-corrected chi connectivity index (χ4v) is 3.78. The molecule has 0 spiro atoms. The van der Waals surface area contributed by atoms with E-state index in [0.29, 0.717) is 23.4 Å². The molecule has 0 heterocycles. The summed E-state index contributed by atoms with van der Waals surface area (Å²) in [6.07, 6.45) is 0.825. The number of anilines is 1. The summed E-state index contributed by atoms with van der Waals surface area (Å²) < 4.78 is 27.9. The maximum absolute atomic E-state index is 12.7. The van der Waals surface area contributed by atoms with E-state index in [-0.39, 0.29) is 10.8 Å². The Labute approximate surface area is 155 Å². The highest BCUT2D eigenvalue weighted by Gasteiger charge is 2.19. The second kappa shape index (κ2) is 8.82. The van der Waals surface area contributed by atoms with Gasteiger partial charge in [-0.1, -0.05) is 24.3 Å². The van der Waals surface area contributed by atoms with Gasteiger partial charge in [0.2, 0.25) is 0 Å². The zero-order valence-corrected chi connectivity index (χ0v) is 16.1. The molecule has 0 aliphatic rings. The average molecular weight is 375 g/mol. The second-order valence-electron chi connectivity index (χ2n) is 6.36. The van der Waals surface area contributed by atoms with Crippen molar-refractivity contribution < 1.29 is 13.2 Å². The van der Waals surface area contributed by atoms with E-state index >= 15 is 0 Å². The molecule has 0 radical (unpaired) electrons. The van der Waals surface area contributed by atoms with Crippen LogP contribution < -0.4 is 10.0 Å². The smallest absolute Gasteiger partial charge is 0.262 e. The molecule has 0 saturated carbocycles. The third kappa shape index (κ3) is 5.57. The van der Waals surface area contributed by atoms with Crippen molar-refractivity contribution in [2.45, 2.75) is 18.2 Å². The molecule has 140 valence electrons. The molecule has 0 saturated heterocycles. The first kappa shape index (κ1) is 19.9. The number of hydrogen-bond donors (Lipinski definition) is 2. The van der Waals surface area contributed by atoms with E-state index < -0.39 is 10.0 Å². The number of para-hydroxylation sites is 1. The van der Waals surface area contributed by atoms with E-state index in [1.807, 2.05) is 25.1 Å². The van der Waals surface area contributed by atoms with Crippen molar-refractivity contribution in [1.29, 1.82) is 0 Å². The Bertz CT molecular complexity index is 850. The van der Waals surface area contributed by atoms with Crippen molar-refractivity contribution in [1.82, 2.24) is 10.2 Å². The SMILES string of the molecule is Cc1ccc(C(=O)NCCCN(C)C)cc1S(=O)(=O)Nc1ccccc1. The Morgan fingerprint density at radius 2 is 1.77 bits per heavy atom. The van der Waals surface area contributed by atoms with Crippen molar-refractivity contribution in [3.05, 3.63) is 59.7 Å². The summed E-state index contributed by atoms with van der Waals surface area (Å²) in [5.74, 6) is -0.278. The van der Waals surface area contributed by atoms with E-state index in [2.05, 4.69) is 10.0 Å². The van der Waals surface area contributed by atoms with Crippen molar-refractivity contribution in [2.24, 2.45) is 0 Å². The van der Waals surface area contributed by atoms with Crippen molar-refractivity contribution >= 4 is 21.6 Å². The second-order valence-corrected chi connectivity index (χ2v) is 8.02. The van der Waals surface area contributed by atoms with E-state index in [1.54, 1.807) is 43.3 Å². The van der Waals surface area contributed by atoms with Gasteiger partial charge in [0.25, 0.3) is 15.9 Å². The van der Waals surface area contributed by atoms with Gasteiger partial charge in [-0.25, -0.2) is 8.42 Å². The predicted molar refractivity (Wildman–Crippen MR) is 104 cm³/mol. The standard InChI is InChI=1S/C19H25N3O3S/c1-15-10-11-16(19(23)20-12-7-13-22(2)3)14-18(15)26(24,25)21-17-8-5-4-6-9-17/h4-6,8-11,14,21H,7,12-13H2,1-3H3,(H,20,23). The molecule has 0 aromatic heterocycles. The number of rotatable bonds is 8. The first-order valence-electron chi connectivity index (χ1n) is 8.41. The molecule has 2 aromatic rings. The number of amides is 1. The summed E-state index contributed by atoms with van der Waals surface area (Å²) in [6, 6.07) is 13.4. The number of aryl methyl sites for hydroxylation is 1. The maximum Gasteiger partial charge on any atom is 0.262 e. The van der Waals surface area contributed by atoms with Crippen molar-refractivity contribution in [3.8, 4) is 0 Å². The van der Waals surface area contributed by atoms with Crippen LogP contribution in [0.4, 0.5) is 5.69 Å². The summed E-state index contributed by atoms with van der Waals surface area (Å²) in [5.41, 5.74) is 1.39. The molecule has 2 aromatic carbocycles. The van der Waals surface area contributed by atoms with Crippen LogP contribution in [0.5, 0.6) is 0 Å². The first-order chi connectivity index (χ1) is 12.3. The molecule has 0 fully saturated rings. The molecule has 0 bridgehead atoms. The molecule has 0 atom stereocenters. The molecule has 0 aliphatic heterocycles. The molecule has 0 unspecified atom stereocenters. The van der Waals surface area contributed by atoms with Crippen LogP contribution in [0, 0.1) is 6.92 Å². The number of nitrogens with zero attached hydrogens (tertiary/aromatic N) is 1. The lowest BCUT2D eigenvalue weighted by atomic mass is 10.1. The molecular weight excluding hydrogens is 350 g/mol. The van der Waals surface area contributed by atoms with Gasteiger partial charge in [0.15, 0.2) is 0 Å². The van der Waals surface area contributed by atoms with Crippen LogP contribution in [-0.4, -0.2) is 46.4 Å². The number of sulfonamides is 1. The van der Waals surface area contributed by atoms with Crippen molar-refractivity contribution in [2.75, 3.05) is 31.9 Å². The number of carbonyl (C=O) groups excluding carboxylic acids is 1. The highest BCUT2D eigenvalue weighted by atomic mass is 32.2. The van der Waals surface area contributed by atoms with Crippen LogP contribution in [-0.2, 0) is 10.0 Å². The van der Waals surface area contributed by atoms with Crippen LogP contribution in [0.25, 0.3) is 0 Å². The maximum atomic E-state index is 12.7. The van der Waals surface area contributed by atoms with E-state index in [1.165, 1.54) is 6.07 Å². The highest BCUT2D eigenvalue weighted by molar-refractivity contribution is 7.92. The molecule has 6 nitrogen and oxygen atoms in total. The Morgan fingerprint density at radius 1 is 1.08 bits per heavy atom.